The Hall–Kier alpha value is -1.26. The van der Waals surface area contributed by atoms with Crippen LogP contribution in [0.1, 0.15) is 46.1 Å². The van der Waals surface area contributed by atoms with E-state index in [0.29, 0.717) is 17.9 Å². The van der Waals surface area contributed by atoms with Gasteiger partial charge in [0.15, 0.2) is 0 Å². The van der Waals surface area contributed by atoms with Crippen LogP contribution in [0.2, 0.25) is 0 Å². The summed E-state index contributed by atoms with van der Waals surface area (Å²) in [6, 6.07) is 6.62. The third kappa shape index (κ3) is 2.70. The quantitative estimate of drug-likeness (QED) is 0.835. The van der Waals surface area contributed by atoms with Gasteiger partial charge in [0.25, 0.3) is 0 Å². The number of methoxy groups -OCH3 is 2. The second-order valence-corrected chi connectivity index (χ2v) is 8.35. The lowest BCUT2D eigenvalue weighted by Crippen LogP contribution is -2.48. The van der Waals surface area contributed by atoms with E-state index in [-0.39, 0.29) is 11.0 Å². The zero-order valence-electron chi connectivity index (χ0n) is 16.1. The van der Waals surface area contributed by atoms with Crippen molar-refractivity contribution in [1.29, 1.82) is 0 Å². The molecule has 2 fully saturated rings. The molecular formula is C20H31NO3. The number of hydrogen-bond donors (Lipinski definition) is 0. The summed E-state index contributed by atoms with van der Waals surface area (Å²) in [5, 5.41) is 2.09. The molecule has 0 spiro atoms. The van der Waals surface area contributed by atoms with Crippen molar-refractivity contribution in [2.45, 2.75) is 57.6 Å². The van der Waals surface area contributed by atoms with Crippen LogP contribution < -0.4 is 9.47 Å². The van der Waals surface area contributed by atoms with Crippen molar-refractivity contribution in [1.82, 2.24) is 5.06 Å². The van der Waals surface area contributed by atoms with E-state index in [1.54, 1.807) is 14.2 Å². The summed E-state index contributed by atoms with van der Waals surface area (Å²) >= 11 is 0. The lowest BCUT2D eigenvalue weighted by atomic mass is 9.59. The van der Waals surface area contributed by atoms with Crippen molar-refractivity contribution in [2.24, 2.45) is 11.8 Å². The number of rotatable bonds is 3. The van der Waals surface area contributed by atoms with Gasteiger partial charge in [0, 0.05) is 24.6 Å². The number of fused-ring (bicyclic) bond motifs is 1. The monoisotopic (exact) mass is 333 g/mol. The van der Waals surface area contributed by atoms with Crippen molar-refractivity contribution in [3.05, 3.63) is 23.8 Å². The van der Waals surface area contributed by atoms with E-state index in [4.69, 9.17) is 14.3 Å². The zero-order valence-corrected chi connectivity index (χ0v) is 16.1. The normalized spacial score (nSPS) is 35.5. The Morgan fingerprint density at radius 1 is 1.12 bits per heavy atom. The maximum absolute atomic E-state index is 6.17. The molecule has 1 saturated heterocycles. The maximum Gasteiger partial charge on any atom is 0.122 e. The summed E-state index contributed by atoms with van der Waals surface area (Å²) in [6.07, 6.45) is 2.20. The Morgan fingerprint density at radius 2 is 1.83 bits per heavy atom. The van der Waals surface area contributed by atoms with E-state index in [9.17, 15) is 0 Å². The van der Waals surface area contributed by atoms with Crippen molar-refractivity contribution < 1.29 is 14.3 Å². The highest BCUT2D eigenvalue weighted by Crippen LogP contribution is 2.54. The van der Waals surface area contributed by atoms with Gasteiger partial charge in [-0.2, -0.15) is 5.06 Å². The molecule has 0 radical (unpaired) electrons. The molecule has 4 atom stereocenters. The van der Waals surface area contributed by atoms with E-state index >= 15 is 0 Å². The molecule has 3 rings (SSSR count). The first-order valence-corrected chi connectivity index (χ1v) is 8.86. The van der Waals surface area contributed by atoms with Crippen molar-refractivity contribution in [3.8, 4) is 11.5 Å². The maximum atomic E-state index is 6.17. The molecule has 1 aliphatic heterocycles. The minimum absolute atomic E-state index is 0.0479. The molecule has 4 heteroatoms. The summed E-state index contributed by atoms with van der Waals surface area (Å²) in [5.41, 5.74) is 1.16. The second kappa shape index (κ2) is 5.92. The Labute approximate surface area is 146 Å². The van der Waals surface area contributed by atoms with Gasteiger partial charge in [-0.05, 0) is 56.2 Å². The van der Waals surface area contributed by atoms with E-state index in [0.717, 1.165) is 24.3 Å². The molecule has 0 aromatic heterocycles. The van der Waals surface area contributed by atoms with Gasteiger partial charge in [-0.1, -0.05) is 13.8 Å². The Kier molecular flexibility index (Phi) is 4.33. The van der Waals surface area contributed by atoms with Gasteiger partial charge >= 0.3 is 0 Å². The summed E-state index contributed by atoms with van der Waals surface area (Å²) in [5.74, 6) is 2.89. The molecule has 1 aromatic carbocycles. The predicted octanol–water partition coefficient (Wildman–Crippen LogP) is 4.03. The first kappa shape index (κ1) is 17.6. The van der Waals surface area contributed by atoms with Crippen LogP contribution >= 0.6 is 0 Å². The number of hydrogen-bond acceptors (Lipinski definition) is 4. The first-order chi connectivity index (χ1) is 11.2. The van der Waals surface area contributed by atoms with Crippen LogP contribution in [0.4, 0.5) is 0 Å². The van der Waals surface area contributed by atoms with E-state index in [1.807, 2.05) is 12.1 Å². The highest BCUT2D eigenvalue weighted by Gasteiger charge is 2.55. The molecule has 0 amide bonds. The lowest BCUT2D eigenvalue weighted by molar-refractivity contribution is -0.182. The summed E-state index contributed by atoms with van der Waals surface area (Å²) < 4.78 is 11.2. The van der Waals surface area contributed by atoms with Crippen LogP contribution in [0.5, 0.6) is 11.5 Å². The van der Waals surface area contributed by atoms with E-state index < -0.39 is 0 Å². The Balaban J connectivity index is 2.02. The molecule has 4 unspecified atom stereocenters. The van der Waals surface area contributed by atoms with Gasteiger partial charge in [0.05, 0.1) is 19.8 Å². The molecule has 134 valence electrons. The molecular weight excluding hydrogens is 302 g/mol. The van der Waals surface area contributed by atoms with Crippen molar-refractivity contribution in [3.63, 3.8) is 0 Å². The molecule has 0 N–H and O–H groups in total. The number of benzene rings is 1. The standard InChI is InChI=1S/C20H31NO3/c1-13-11-20(4,12-16-18(13)21(5)24-19(16,2)3)15-10-14(22-6)8-9-17(15)23-7/h8-10,13,16,18H,11-12H2,1-7H3. The van der Waals surface area contributed by atoms with Gasteiger partial charge in [-0.25, -0.2) is 0 Å². The largest absolute Gasteiger partial charge is 0.497 e. The highest BCUT2D eigenvalue weighted by molar-refractivity contribution is 5.45. The topological polar surface area (TPSA) is 30.9 Å². The minimum Gasteiger partial charge on any atom is -0.497 e. The first-order valence-electron chi connectivity index (χ1n) is 8.86. The zero-order chi connectivity index (χ0) is 17.7. The van der Waals surface area contributed by atoms with Crippen LogP contribution in [-0.4, -0.2) is 38.0 Å². The minimum atomic E-state index is -0.137. The van der Waals surface area contributed by atoms with E-state index in [2.05, 4.69) is 45.9 Å². The molecule has 1 heterocycles. The third-order valence-corrected chi connectivity index (χ3v) is 6.19. The van der Waals surface area contributed by atoms with Gasteiger partial charge in [-0.3, -0.25) is 4.84 Å². The van der Waals surface area contributed by atoms with Gasteiger partial charge in [0.1, 0.15) is 11.5 Å². The molecule has 1 aromatic rings. The van der Waals surface area contributed by atoms with Crippen LogP contribution in [0, 0.1) is 11.8 Å². The van der Waals surface area contributed by atoms with Gasteiger partial charge < -0.3 is 9.47 Å². The van der Waals surface area contributed by atoms with Crippen LogP contribution in [0.3, 0.4) is 0 Å². The summed E-state index contributed by atoms with van der Waals surface area (Å²) in [4.78, 5) is 6.17. The number of hydroxylamine groups is 2. The van der Waals surface area contributed by atoms with Gasteiger partial charge in [-0.15, -0.1) is 0 Å². The number of ether oxygens (including phenoxy) is 2. The average Bonchev–Trinajstić information content (AvgIpc) is 2.75. The fourth-order valence-corrected chi connectivity index (χ4v) is 5.19. The predicted molar refractivity (Wildman–Crippen MR) is 95.5 cm³/mol. The van der Waals surface area contributed by atoms with Crippen LogP contribution in [-0.2, 0) is 10.3 Å². The smallest absolute Gasteiger partial charge is 0.122 e. The van der Waals surface area contributed by atoms with Crippen molar-refractivity contribution >= 4 is 0 Å². The van der Waals surface area contributed by atoms with E-state index in [1.165, 1.54) is 5.56 Å². The third-order valence-electron chi connectivity index (χ3n) is 6.19. The second-order valence-electron chi connectivity index (χ2n) is 8.35. The molecule has 24 heavy (non-hydrogen) atoms. The van der Waals surface area contributed by atoms with Crippen molar-refractivity contribution in [2.75, 3.05) is 21.3 Å². The molecule has 1 aliphatic carbocycles. The molecule has 1 saturated carbocycles. The summed E-state index contributed by atoms with van der Waals surface area (Å²) in [7, 11) is 5.55. The fraction of sp³-hybridized carbons (Fsp3) is 0.700. The molecule has 0 bridgehead atoms. The van der Waals surface area contributed by atoms with Crippen LogP contribution in [0.25, 0.3) is 0 Å². The average molecular weight is 333 g/mol. The number of nitrogens with zero attached hydrogens (tertiary/aromatic N) is 1. The summed E-state index contributed by atoms with van der Waals surface area (Å²) in [6.45, 7) is 9.15. The SMILES string of the molecule is COc1ccc(OC)c(C2(C)CC(C)C3C(C2)C(C)(C)ON3C)c1. The molecule has 4 nitrogen and oxygen atoms in total. The highest BCUT2D eigenvalue weighted by atomic mass is 16.7. The Bertz CT molecular complexity index is 615. The lowest BCUT2D eigenvalue weighted by Gasteiger charge is -2.46. The Morgan fingerprint density at radius 3 is 2.46 bits per heavy atom. The van der Waals surface area contributed by atoms with Crippen LogP contribution in [0.15, 0.2) is 18.2 Å². The fourth-order valence-electron chi connectivity index (χ4n) is 5.19. The molecule has 2 aliphatic rings. The van der Waals surface area contributed by atoms with Gasteiger partial charge in [0.2, 0.25) is 0 Å².